The summed E-state index contributed by atoms with van der Waals surface area (Å²) in [5.74, 6) is 3.89. The first kappa shape index (κ1) is 18.8. The van der Waals surface area contributed by atoms with Crippen molar-refractivity contribution in [2.24, 2.45) is 23.7 Å². The second-order valence-corrected chi connectivity index (χ2v) is 9.36. The number of benzene rings is 1. The van der Waals surface area contributed by atoms with Crippen LogP contribution < -0.4 is 0 Å². The zero-order chi connectivity index (χ0) is 17.8. The van der Waals surface area contributed by atoms with Crippen LogP contribution in [0.5, 0.6) is 0 Å². The van der Waals surface area contributed by atoms with E-state index in [9.17, 15) is 0 Å². The number of aryl methyl sites for hydroxylation is 1. The maximum atomic E-state index is 5.98. The Labute approximate surface area is 163 Å². The van der Waals surface area contributed by atoms with E-state index in [4.69, 9.17) is 21.4 Å². The Morgan fingerprint density at radius 2 is 1.23 bits per heavy atom. The lowest BCUT2D eigenvalue weighted by Crippen LogP contribution is -2.26. The minimum atomic E-state index is 0.135. The zero-order valence-corrected chi connectivity index (χ0v) is 16.6. The average molecular weight is 377 g/mol. The van der Waals surface area contributed by atoms with Crippen molar-refractivity contribution in [3.05, 3.63) is 34.9 Å². The summed E-state index contributed by atoms with van der Waals surface area (Å²) in [5.41, 5.74) is 1.44. The Kier molecular flexibility index (Phi) is 6.56. The van der Waals surface area contributed by atoms with Crippen molar-refractivity contribution in [1.82, 2.24) is 0 Å². The predicted molar refractivity (Wildman–Crippen MR) is 106 cm³/mol. The molecule has 2 nitrogen and oxygen atoms in total. The van der Waals surface area contributed by atoms with Gasteiger partial charge in [0.05, 0.1) is 0 Å². The molecule has 144 valence electrons. The second kappa shape index (κ2) is 9.08. The molecule has 0 N–H and O–H groups in total. The third kappa shape index (κ3) is 5.47. The minimum absolute atomic E-state index is 0.135. The molecule has 1 aliphatic heterocycles. The molecule has 0 atom stereocenters. The molecule has 0 spiro atoms. The van der Waals surface area contributed by atoms with E-state index in [2.05, 4.69) is 12.1 Å². The van der Waals surface area contributed by atoms with Crippen molar-refractivity contribution in [3.8, 4) is 0 Å². The van der Waals surface area contributed by atoms with Crippen LogP contribution in [0.25, 0.3) is 0 Å². The molecule has 0 aromatic heterocycles. The Balaban J connectivity index is 1.13. The predicted octanol–water partition coefficient (Wildman–Crippen LogP) is 6.95. The van der Waals surface area contributed by atoms with E-state index in [-0.39, 0.29) is 6.29 Å². The van der Waals surface area contributed by atoms with Gasteiger partial charge in [-0.1, -0.05) is 49.4 Å². The van der Waals surface area contributed by atoms with Crippen LogP contribution in [0, 0.1) is 23.7 Å². The van der Waals surface area contributed by atoms with Gasteiger partial charge in [-0.2, -0.15) is 9.78 Å². The molecule has 0 unspecified atom stereocenters. The molecule has 3 fully saturated rings. The van der Waals surface area contributed by atoms with Crippen LogP contribution in [0.2, 0.25) is 5.02 Å². The van der Waals surface area contributed by atoms with Gasteiger partial charge >= 0.3 is 0 Å². The Bertz CT molecular complexity index is 538. The molecular weight excluding hydrogens is 344 g/mol. The van der Waals surface area contributed by atoms with E-state index in [1.54, 1.807) is 0 Å². The maximum Gasteiger partial charge on any atom is 0.224 e. The lowest BCUT2D eigenvalue weighted by Gasteiger charge is -2.38. The second-order valence-electron chi connectivity index (χ2n) is 8.93. The van der Waals surface area contributed by atoms with Crippen molar-refractivity contribution >= 4 is 11.6 Å². The molecule has 3 heteroatoms. The highest BCUT2D eigenvalue weighted by Crippen LogP contribution is 2.43. The summed E-state index contributed by atoms with van der Waals surface area (Å²) in [6.45, 7) is 0. The van der Waals surface area contributed by atoms with Crippen molar-refractivity contribution in [1.29, 1.82) is 0 Å². The molecule has 1 heterocycles. The van der Waals surface area contributed by atoms with Gasteiger partial charge in [-0.3, -0.25) is 0 Å². The fourth-order valence-corrected chi connectivity index (χ4v) is 5.55. The van der Waals surface area contributed by atoms with E-state index in [0.717, 1.165) is 35.1 Å². The monoisotopic (exact) mass is 376 g/mol. The number of rotatable bonds is 7. The average Bonchev–Trinajstić information content (AvgIpc) is 3.51. The van der Waals surface area contributed by atoms with Crippen molar-refractivity contribution in [2.45, 2.75) is 83.3 Å². The van der Waals surface area contributed by atoms with Gasteiger partial charge in [-0.15, -0.1) is 0 Å². The fourth-order valence-electron chi connectivity index (χ4n) is 5.43. The van der Waals surface area contributed by atoms with E-state index < -0.39 is 0 Å². The summed E-state index contributed by atoms with van der Waals surface area (Å²) in [7, 11) is 0. The molecule has 1 saturated heterocycles. The van der Waals surface area contributed by atoms with Crippen molar-refractivity contribution in [2.75, 3.05) is 0 Å². The van der Waals surface area contributed by atoms with Gasteiger partial charge in [0.2, 0.25) is 6.29 Å². The first-order valence-corrected chi connectivity index (χ1v) is 11.2. The van der Waals surface area contributed by atoms with Gasteiger partial charge < -0.3 is 0 Å². The van der Waals surface area contributed by atoms with Gasteiger partial charge in [-0.25, -0.2) is 0 Å². The quantitative estimate of drug-likeness (QED) is 0.379. The van der Waals surface area contributed by atoms with Gasteiger partial charge in [-0.05, 0) is 86.3 Å². The molecule has 0 amide bonds. The third-order valence-corrected chi connectivity index (χ3v) is 7.50. The Hall–Kier alpha value is -0.570. The van der Waals surface area contributed by atoms with Crippen LogP contribution >= 0.6 is 11.6 Å². The third-order valence-electron chi connectivity index (χ3n) is 7.25. The number of hydrogen-bond donors (Lipinski definition) is 0. The van der Waals surface area contributed by atoms with Gasteiger partial charge in [0, 0.05) is 11.4 Å². The molecule has 1 aromatic rings. The normalized spacial score (nSPS) is 32.5. The van der Waals surface area contributed by atoms with E-state index in [1.165, 1.54) is 76.2 Å². The molecule has 3 aliphatic rings. The molecular formula is C23H33ClO2. The first-order valence-electron chi connectivity index (χ1n) is 10.8. The van der Waals surface area contributed by atoms with Crippen molar-refractivity contribution in [3.63, 3.8) is 0 Å². The minimum Gasteiger partial charge on any atom is -0.199 e. The van der Waals surface area contributed by atoms with E-state index >= 15 is 0 Å². The summed E-state index contributed by atoms with van der Waals surface area (Å²) >= 11 is 5.98. The highest BCUT2D eigenvalue weighted by molar-refractivity contribution is 6.30. The molecule has 1 aromatic carbocycles. The SMILES string of the molecule is Clc1ccc(CCC2CCC(C3CCC(CCC4OO4)CC3)CC2)cc1. The largest absolute Gasteiger partial charge is 0.224 e. The van der Waals surface area contributed by atoms with Crippen molar-refractivity contribution < 1.29 is 9.78 Å². The fraction of sp³-hybridized carbons (Fsp3) is 0.739. The van der Waals surface area contributed by atoms with E-state index in [1.807, 2.05) is 12.1 Å². The van der Waals surface area contributed by atoms with Crippen LogP contribution in [-0.2, 0) is 16.2 Å². The maximum absolute atomic E-state index is 5.98. The molecule has 2 aliphatic carbocycles. The summed E-state index contributed by atoms with van der Waals surface area (Å²) in [6.07, 6.45) is 16.8. The van der Waals surface area contributed by atoms with Crippen LogP contribution in [0.3, 0.4) is 0 Å². The first-order chi connectivity index (χ1) is 12.8. The topological polar surface area (TPSA) is 25.1 Å². The standard InChI is InChI=1S/C23H33ClO2/c24-22-14-7-18(8-15-22)2-1-17-3-10-20(11-4-17)21-12-5-19(6-13-21)9-16-23-25-26-23/h7-8,14-15,17,19-21,23H,1-6,9-13,16H2. The Morgan fingerprint density at radius 3 is 1.77 bits per heavy atom. The summed E-state index contributed by atoms with van der Waals surface area (Å²) < 4.78 is 0. The molecule has 4 rings (SSSR count). The lowest BCUT2D eigenvalue weighted by molar-refractivity contribution is 0.0850. The summed E-state index contributed by atoms with van der Waals surface area (Å²) in [6, 6.07) is 8.42. The molecule has 26 heavy (non-hydrogen) atoms. The van der Waals surface area contributed by atoms with Crippen LogP contribution in [0.4, 0.5) is 0 Å². The lowest BCUT2D eigenvalue weighted by atomic mass is 9.68. The summed E-state index contributed by atoms with van der Waals surface area (Å²) in [4.78, 5) is 9.75. The smallest absolute Gasteiger partial charge is 0.199 e. The molecule has 0 radical (unpaired) electrons. The zero-order valence-electron chi connectivity index (χ0n) is 15.9. The Morgan fingerprint density at radius 1 is 0.692 bits per heavy atom. The molecule has 0 bridgehead atoms. The van der Waals surface area contributed by atoms with Gasteiger partial charge in [0.15, 0.2) is 0 Å². The highest BCUT2D eigenvalue weighted by Gasteiger charge is 2.32. The number of halogens is 1. The summed E-state index contributed by atoms with van der Waals surface area (Å²) in [5, 5.41) is 0.846. The van der Waals surface area contributed by atoms with Crippen LogP contribution in [0.1, 0.15) is 76.2 Å². The number of hydrogen-bond acceptors (Lipinski definition) is 2. The highest BCUT2D eigenvalue weighted by atomic mass is 35.5. The van der Waals surface area contributed by atoms with Gasteiger partial charge in [0.25, 0.3) is 0 Å². The van der Waals surface area contributed by atoms with Gasteiger partial charge in [0.1, 0.15) is 0 Å². The van der Waals surface area contributed by atoms with Crippen LogP contribution in [0.15, 0.2) is 24.3 Å². The molecule has 2 saturated carbocycles. The van der Waals surface area contributed by atoms with E-state index in [0.29, 0.717) is 0 Å². The van der Waals surface area contributed by atoms with Crippen LogP contribution in [-0.4, -0.2) is 6.29 Å².